The Kier molecular flexibility index (Phi) is 5.64. The van der Waals surface area contributed by atoms with Gasteiger partial charge in [0.15, 0.2) is 0 Å². The van der Waals surface area contributed by atoms with Crippen LogP contribution in [0.4, 0.5) is 10.5 Å². The molecule has 0 radical (unpaired) electrons. The second kappa shape index (κ2) is 8.15. The topological polar surface area (TPSA) is 102 Å². The fraction of sp³-hybridized carbons (Fsp3) is 0.273. The average Bonchev–Trinajstić information content (AvgIpc) is 2.93. The summed E-state index contributed by atoms with van der Waals surface area (Å²) in [4.78, 5) is 38.5. The highest BCUT2D eigenvalue weighted by molar-refractivity contribution is 6.10. The van der Waals surface area contributed by atoms with E-state index in [1.807, 2.05) is 18.2 Å². The number of hydrogen-bond acceptors (Lipinski definition) is 4. The van der Waals surface area contributed by atoms with Crippen LogP contribution in [0.25, 0.3) is 0 Å². The lowest BCUT2D eigenvalue weighted by atomic mass is 9.91. The van der Waals surface area contributed by atoms with Gasteiger partial charge in [-0.25, -0.2) is 4.79 Å². The van der Waals surface area contributed by atoms with Gasteiger partial charge in [-0.1, -0.05) is 37.6 Å². The van der Waals surface area contributed by atoms with Gasteiger partial charge in [-0.3, -0.25) is 14.5 Å². The molecule has 0 aromatic heterocycles. The molecule has 7 nitrogen and oxygen atoms in total. The van der Waals surface area contributed by atoms with Crippen molar-refractivity contribution in [2.45, 2.75) is 32.2 Å². The van der Waals surface area contributed by atoms with E-state index in [4.69, 9.17) is 5.26 Å². The third kappa shape index (κ3) is 4.11. The third-order valence-corrected chi connectivity index (χ3v) is 4.94. The van der Waals surface area contributed by atoms with Crippen LogP contribution in [0.5, 0.6) is 0 Å². The van der Waals surface area contributed by atoms with Gasteiger partial charge in [0.05, 0.1) is 11.6 Å². The minimum Gasteiger partial charge on any atom is -0.325 e. The van der Waals surface area contributed by atoms with Crippen molar-refractivity contribution in [1.82, 2.24) is 10.2 Å². The second-order valence-electron chi connectivity index (χ2n) is 7.13. The third-order valence-electron chi connectivity index (χ3n) is 4.94. The molecule has 2 aromatic carbocycles. The summed E-state index contributed by atoms with van der Waals surface area (Å²) in [5, 5.41) is 14.3. The van der Waals surface area contributed by atoms with E-state index in [9.17, 15) is 14.4 Å². The number of imide groups is 1. The maximum atomic E-state index is 12.9. The lowest BCUT2D eigenvalue weighted by Gasteiger charge is -2.22. The first-order valence-corrected chi connectivity index (χ1v) is 9.41. The number of aryl methyl sites for hydroxylation is 1. The molecular formula is C22H22N4O3. The number of carbonyl (C=O) groups excluding carboxylic acids is 3. The molecule has 148 valence electrons. The largest absolute Gasteiger partial charge is 0.325 e. The summed E-state index contributed by atoms with van der Waals surface area (Å²) >= 11 is 0. The molecule has 1 atom stereocenters. The van der Waals surface area contributed by atoms with Gasteiger partial charge in [0.25, 0.3) is 5.91 Å². The van der Waals surface area contributed by atoms with Crippen molar-refractivity contribution in [3.63, 3.8) is 0 Å². The number of benzene rings is 2. The Labute approximate surface area is 169 Å². The van der Waals surface area contributed by atoms with Crippen LogP contribution in [0.2, 0.25) is 0 Å². The minimum absolute atomic E-state index is 0.382. The first-order valence-electron chi connectivity index (χ1n) is 9.41. The number of rotatable bonds is 6. The maximum absolute atomic E-state index is 12.9. The molecule has 3 rings (SSSR count). The summed E-state index contributed by atoms with van der Waals surface area (Å²) in [7, 11) is 0. The molecule has 7 heteroatoms. The zero-order valence-electron chi connectivity index (χ0n) is 16.4. The zero-order chi connectivity index (χ0) is 21.0. The molecule has 29 heavy (non-hydrogen) atoms. The molecule has 1 aliphatic rings. The van der Waals surface area contributed by atoms with Crippen LogP contribution in [0.1, 0.15) is 37.0 Å². The highest BCUT2D eigenvalue weighted by Gasteiger charge is 2.49. The molecule has 1 heterocycles. The second-order valence-corrected chi connectivity index (χ2v) is 7.13. The normalized spacial score (nSPS) is 18.3. The molecule has 4 amide bonds. The Morgan fingerprint density at radius 3 is 2.38 bits per heavy atom. The number of nitrogens with one attached hydrogen (secondary N) is 2. The van der Waals surface area contributed by atoms with Crippen LogP contribution < -0.4 is 10.6 Å². The van der Waals surface area contributed by atoms with E-state index in [1.54, 1.807) is 43.3 Å². The molecule has 2 aromatic rings. The monoisotopic (exact) mass is 390 g/mol. The van der Waals surface area contributed by atoms with Gasteiger partial charge >= 0.3 is 6.03 Å². The predicted molar refractivity (Wildman–Crippen MR) is 108 cm³/mol. The smallest absolute Gasteiger partial charge is 0.325 e. The van der Waals surface area contributed by atoms with Gasteiger partial charge in [0, 0.05) is 5.69 Å². The van der Waals surface area contributed by atoms with E-state index in [0.29, 0.717) is 16.8 Å². The van der Waals surface area contributed by atoms with Crippen molar-refractivity contribution < 1.29 is 14.4 Å². The molecule has 1 aliphatic heterocycles. The van der Waals surface area contributed by atoms with E-state index in [1.165, 1.54) is 5.56 Å². The van der Waals surface area contributed by atoms with Crippen LogP contribution in [0, 0.1) is 11.3 Å². The number of anilines is 1. The molecule has 0 saturated carbocycles. The SMILES string of the molecule is CCCc1ccc(NC(=O)CN2C(=O)NC(C)(c3ccc(C#N)cc3)C2=O)cc1. The Morgan fingerprint density at radius 2 is 1.79 bits per heavy atom. The first kappa shape index (κ1) is 20.1. The van der Waals surface area contributed by atoms with Gasteiger partial charge in [-0.15, -0.1) is 0 Å². The molecule has 1 saturated heterocycles. The van der Waals surface area contributed by atoms with Gasteiger partial charge in [-0.05, 0) is 48.7 Å². The lowest BCUT2D eigenvalue weighted by molar-refractivity contribution is -0.133. The van der Waals surface area contributed by atoms with Gasteiger partial charge < -0.3 is 10.6 Å². The Bertz CT molecular complexity index is 977. The van der Waals surface area contributed by atoms with E-state index in [-0.39, 0.29) is 6.54 Å². The van der Waals surface area contributed by atoms with Crippen molar-refractivity contribution in [3.05, 3.63) is 65.2 Å². The van der Waals surface area contributed by atoms with E-state index in [2.05, 4.69) is 17.6 Å². The first-order chi connectivity index (χ1) is 13.9. The number of carbonyl (C=O) groups is 3. The standard InChI is InChI=1S/C22H22N4O3/c1-3-4-15-7-11-18(12-8-15)24-19(27)14-26-20(28)22(2,25-21(26)29)17-9-5-16(13-23)6-10-17/h5-12H,3-4,14H2,1-2H3,(H,24,27)(H,25,29). The Hall–Kier alpha value is -3.66. The molecule has 0 bridgehead atoms. The summed E-state index contributed by atoms with van der Waals surface area (Å²) in [5.74, 6) is -0.971. The number of urea groups is 1. The fourth-order valence-corrected chi connectivity index (χ4v) is 3.30. The van der Waals surface area contributed by atoms with E-state index < -0.39 is 23.4 Å². The van der Waals surface area contributed by atoms with Gasteiger partial charge in [0.1, 0.15) is 12.1 Å². The molecule has 2 N–H and O–H groups in total. The van der Waals surface area contributed by atoms with Crippen LogP contribution in [0.3, 0.4) is 0 Å². The highest BCUT2D eigenvalue weighted by atomic mass is 16.2. The maximum Gasteiger partial charge on any atom is 0.325 e. The van der Waals surface area contributed by atoms with Crippen molar-refractivity contribution >= 4 is 23.5 Å². The quantitative estimate of drug-likeness (QED) is 0.740. The van der Waals surface area contributed by atoms with Crippen molar-refractivity contribution in [1.29, 1.82) is 5.26 Å². The summed E-state index contributed by atoms with van der Waals surface area (Å²) < 4.78 is 0. The number of hydrogen-bond donors (Lipinski definition) is 2. The molecular weight excluding hydrogens is 368 g/mol. The Morgan fingerprint density at radius 1 is 1.14 bits per heavy atom. The summed E-state index contributed by atoms with van der Waals surface area (Å²) in [6.07, 6.45) is 2.00. The predicted octanol–water partition coefficient (Wildman–Crippen LogP) is 2.92. The van der Waals surface area contributed by atoms with Crippen molar-refractivity contribution in [2.24, 2.45) is 0 Å². The highest BCUT2D eigenvalue weighted by Crippen LogP contribution is 2.29. The number of amides is 4. The molecule has 0 aliphatic carbocycles. The summed E-state index contributed by atoms with van der Waals surface area (Å²) in [5.41, 5.74) is 1.50. The van der Waals surface area contributed by atoms with Crippen molar-refractivity contribution in [2.75, 3.05) is 11.9 Å². The fourth-order valence-electron chi connectivity index (χ4n) is 3.30. The zero-order valence-corrected chi connectivity index (χ0v) is 16.4. The molecule has 1 fully saturated rings. The van der Waals surface area contributed by atoms with Gasteiger partial charge in [0.2, 0.25) is 5.91 Å². The minimum atomic E-state index is -1.28. The summed E-state index contributed by atoms with van der Waals surface area (Å²) in [6, 6.07) is 15.3. The Balaban J connectivity index is 1.69. The van der Waals surface area contributed by atoms with Crippen LogP contribution in [-0.4, -0.2) is 29.3 Å². The lowest BCUT2D eigenvalue weighted by Crippen LogP contribution is -2.42. The number of nitrogens with zero attached hydrogens (tertiary/aromatic N) is 2. The average molecular weight is 390 g/mol. The van der Waals surface area contributed by atoms with E-state index >= 15 is 0 Å². The van der Waals surface area contributed by atoms with Crippen LogP contribution in [0.15, 0.2) is 48.5 Å². The molecule has 1 unspecified atom stereocenters. The van der Waals surface area contributed by atoms with E-state index in [0.717, 1.165) is 17.7 Å². The van der Waals surface area contributed by atoms with Gasteiger partial charge in [-0.2, -0.15) is 5.26 Å². The molecule has 0 spiro atoms. The van der Waals surface area contributed by atoms with Crippen LogP contribution in [-0.2, 0) is 21.5 Å². The van der Waals surface area contributed by atoms with Crippen LogP contribution >= 0.6 is 0 Å². The number of nitriles is 1. The summed E-state index contributed by atoms with van der Waals surface area (Å²) in [6.45, 7) is 3.30. The van der Waals surface area contributed by atoms with Crippen molar-refractivity contribution in [3.8, 4) is 6.07 Å².